The fourth-order valence-electron chi connectivity index (χ4n) is 2.00. The minimum atomic E-state index is 0.659. The van der Waals surface area contributed by atoms with E-state index < -0.39 is 0 Å². The van der Waals surface area contributed by atoms with E-state index in [0.29, 0.717) is 5.41 Å². The van der Waals surface area contributed by atoms with E-state index in [1.807, 2.05) is 11.6 Å². The van der Waals surface area contributed by atoms with E-state index in [9.17, 15) is 0 Å². The Kier molecular flexibility index (Phi) is 3.19. The normalized spacial score (nSPS) is 18.4. The van der Waals surface area contributed by atoms with E-state index in [1.165, 1.54) is 37.2 Å². The van der Waals surface area contributed by atoms with Crippen LogP contribution < -0.4 is 5.32 Å². The lowest BCUT2D eigenvalue weighted by atomic mass is 10.0. The standard InChI is InChI=1S/C11H18N2S/c1-2-3-11(4-5-11)9-12-8-10-13-6-7-14-10/h6-7,12H,2-5,8-9H2,1H3. The maximum atomic E-state index is 4.26. The Balaban J connectivity index is 1.68. The predicted octanol–water partition coefficient (Wildman–Crippen LogP) is 2.81. The lowest BCUT2D eigenvalue weighted by Crippen LogP contribution is -2.23. The lowest BCUT2D eigenvalue weighted by Gasteiger charge is -2.13. The van der Waals surface area contributed by atoms with Gasteiger partial charge >= 0.3 is 0 Å². The van der Waals surface area contributed by atoms with Gasteiger partial charge in [-0.25, -0.2) is 4.98 Å². The molecule has 0 spiro atoms. The van der Waals surface area contributed by atoms with Crippen LogP contribution in [0.25, 0.3) is 0 Å². The summed E-state index contributed by atoms with van der Waals surface area (Å²) in [7, 11) is 0. The highest BCUT2D eigenvalue weighted by Crippen LogP contribution is 2.48. The number of nitrogens with zero attached hydrogens (tertiary/aromatic N) is 1. The van der Waals surface area contributed by atoms with Crippen LogP contribution in [0.15, 0.2) is 11.6 Å². The van der Waals surface area contributed by atoms with Gasteiger partial charge in [-0.05, 0) is 24.7 Å². The highest BCUT2D eigenvalue weighted by atomic mass is 32.1. The Morgan fingerprint density at radius 3 is 3.00 bits per heavy atom. The van der Waals surface area contributed by atoms with Crippen LogP contribution >= 0.6 is 11.3 Å². The summed E-state index contributed by atoms with van der Waals surface area (Å²) < 4.78 is 0. The van der Waals surface area contributed by atoms with E-state index >= 15 is 0 Å². The van der Waals surface area contributed by atoms with Crippen molar-refractivity contribution in [1.82, 2.24) is 10.3 Å². The fourth-order valence-corrected chi connectivity index (χ4v) is 2.58. The van der Waals surface area contributed by atoms with Gasteiger partial charge < -0.3 is 5.32 Å². The first-order chi connectivity index (χ1) is 6.85. The molecular weight excluding hydrogens is 192 g/mol. The summed E-state index contributed by atoms with van der Waals surface area (Å²) in [4.78, 5) is 4.26. The average molecular weight is 210 g/mol. The summed E-state index contributed by atoms with van der Waals surface area (Å²) >= 11 is 1.73. The molecule has 14 heavy (non-hydrogen) atoms. The zero-order valence-corrected chi connectivity index (χ0v) is 9.57. The predicted molar refractivity (Wildman–Crippen MR) is 60.4 cm³/mol. The van der Waals surface area contributed by atoms with Gasteiger partial charge in [-0.15, -0.1) is 11.3 Å². The van der Waals surface area contributed by atoms with Gasteiger partial charge in [-0.3, -0.25) is 0 Å². The SMILES string of the molecule is CCCC1(CNCc2nccs2)CC1. The molecule has 0 atom stereocenters. The molecule has 1 fully saturated rings. The van der Waals surface area contributed by atoms with Crippen molar-refractivity contribution in [3.05, 3.63) is 16.6 Å². The van der Waals surface area contributed by atoms with Gasteiger partial charge in [-0.1, -0.05) is 13.3 Å². The van der Waals surface area contributed by atoms with E-state index in [-0.39, 0.29) is 0 Å². The van der Waals surface area contributed by atoms with Crippen molar-refractivity contribution in [2.75, 3.05) is 6.54 Å². The molecule has 0 amide bonds. The van der Waals surface area contributed by atoms with Crippen molar-refractivity contribution in [3.8, 4) is 0 Å². The van der Waals surface area contributed by atoms with E-state index in [1.54, 1.807) is 11.3 Å². The highest BCUT2D eigenvalue weighted by molar-refractivity contribution is 7.09. The van der Waals surface area contributed by atoms with Crippen molar-refractivity contribution in [2.45, 2.75) is 39.2 Å². The minimum absolute atomic E-state index is 0.659. The van der Waals surface area contributed by atoms with Crippen LogP contribution in [-0.2, 0) is 6.54 Å². The molecule has 1 aromatic heterocycles. The first-order valence-corrected chi connectivity index (χ1v) is 6.32. The van der Waals surface area contributed by atoms with Gasteiger partial charge in [0.25, 0.3) is 0 Å². The smallest absolute Gasteiger partial charge is 0.106 e. The largest absolute Gasteiger partial charge is 0.310 e. The highest BCUT2D eigenvalue weighted by Gasteiger charge is 2.40. The molecule has 1 aliphatic carbocycles. The van der Waals surface area contributed by atoms with E-state index in [0.717, 1.165) is 6.54 Å². The van der Waals surface area contributed by atoms with Crippen molar-refractivity contribution in [1.29, 1.82) is 0 Å². The van der Waals surface area contributed by atoms with Crippen LogP contribution in [0, 0.1) is 5.41 Å². The van der Waals surface area contributed by atoms with Gasteiger partial charge in [-0.2, -0.15) is 0 Å². The molecule has 0 unspecified atom stereocenters. The Labute approximate surface area is 89.8 Å². The van der Waals surface area contributed by atoms with Crippen LogP contribution in [0.4, 0.5) is 0 Å². The zero-order chi connectivity index (χ0) is 9.86. The van der Waals surface area contributed by atoms with E-state index in [4.69, 9.17) is 0 Å². The first kappa shape index (κ1) is 10.1. The minimum Gasteiger partial charge on any atom is -0.310 e. The van der Waals surface area contributed by atoms with Gasteiger partial charge in [0.1, 0.15) is 5.01 Å². The number of hydrogen-bond acceptors (Lipinski definition) is 3. The summed E-state index contributed by atoms with van der Waals surface area (Å²) in [5, 5.41) is 6.77. The molecule has 1 heterocycles. The molecule has 0 saturated heterocycles. The van der Waals surface area contributed by atoms with Crippen LogP contribution in [-0.4, -0.2) is 11.5 Å². The summed E-state index contributed by atoms with van der Waals surface area (Å²) in [6, 6.07) is 0. The lowest BCUT2D eigenvalue weighted by molar-refractivity contribution is 0.420. The first-order valence-electron chi connectivity index (χ1n) is 5.44. The molecule has 2 nitrogen and oxygen atoms in total. The molecule has 1 saturated carbocycles. The second kappa shape index (κ2) is 4.41. The number of thiazole rings is 1. The Morgan fingerprint density at radius 1 is 1.57 bits per heavy atom. The summed E-state index contributed by atoms with van der Waals surface area (Å²) in [5.41, 5.74) is 0.659. The topological polar surface area (TPSA) is 24.9 Å². The Hall–Kier alpha value is -0.410. The molecule has 1 aliphatic rings. The Bertz CT molecular complexity index is 265. The molecular formula is C11H18N2S. The quantitative estimate of drug-likeness (QED) is 0.781. The third kappa shape index (κ3) is 2.55. The number of nitrogens with one attached hydrogen (secondary N) is 1. The molecule has 2 rings (SSSR count). The van der Waals surface area contributed by atoms with Crippen molar-refractivity contribution < 1.29 is 0 Å². The van der Waals surface area contributed by atoms with Crippen LogP contribution in [0.2, 0.25) is 0 Å². The van der Waals surface area contributed by atoms with Crippen molar-refractivity contribution >= 4 is 11.3 Å². The average Bonchev–Trinajstić information content (AvgIpc) is 2.75. The number of hydrogen-bond donors (Lipinski definition) is 1. The number of aromatic nitrogens is 1. The number of rotatable bonds is 6. The third-order valence-corrected chi connectivity index (χ3v) is 3.78. The van der Waals surface area contributed by atoms with Gasteiger partial charge in [0.05, 0.1) is 0 Å². The second-order valence-electron chi connectivity index (χ2n) is 4.28. The zero-order valence-electron chi connectivity index (χ0n) is 8.75. The molecule has 0 radical (unpaired) electrons. The summed E-state index contributed by atoms with van der Waals surface area (Å²) in [5.74, 6) is 0. The fraction of sp³-hybridized carbons (Fsp3) is 0.727. The van der Waals surface area contributed by atoms with Gasteiger partial charge in [0.2, 0.25) is 0 Å². The molecule has 0 bridgehead atoms. The molecule has 0 aromatic carbocycles. The molecule has 0 aliphatic heterocycles. The molecule has 1 N–H and O–H groups in total. The maximum Gasteiger partial charge on any atom is 0.106 e. The van der Waals surface area contributed by atoms with Crippen LogP contribution in [0.1, 0.15) is 37.6 Å². The molecule has 3 heteroatoms. The van der Waals surface area contributed by atoms with Crippen LogP contribution in [0.3, 0.4) is 0 Å². The summed E-state index contributed by atoms with van der Waals surface area (Å²) in [6.45, 7) is 4.41. The van der Waals surface area contributed by atoms with Gasteiger partial charge in [0.15, 0.2) is 0 Å². The molecule has 1 aromatic rings. The van der Waals surface area contributed by atoms with Crippen LogP contribution in [0.5, 0.6) is 0 Å². The Morgan fingerprint density at radius 2 is 2.43 bits per heavy atom. The van der Waals surface area contributed by atoms with Crippen molar-refractivity contribution in [2.24, 2.45) is 5.41 Å². The summed E-state index contributed by atoms with van der Waals surface area (Å²) in [6.07, 6.45) is 7.43. The second-order valence-corrected chi connectivity index (χ2v) is 5.26. The van der Waals surface area contributed by atoms with Crippen molar-refractivity contribution in [3.63, 3.8) is 0 Å². The van der Waals surface area contributed by atoms with Gasteiger partial charge in [0, 0.05) is 24.7 Å². The molecule has 78 valence electrons. The third-order valence-electron chi connectivity index (χ3n) is 3.00. The monoisotopic (exact) mass is 210 g/mol. The maximum absolute atomic E-state index is 4.26. The van der Waals surface area contributed by atoms with E-state index in [2.05, 4.69) is 17.2 Å².